The highest BCUT2D eigenvalue weighted by Gasteiger charge is 2.19. The van der Waals surface area contributed by atoms with Crippen molar-refractivity contribution in [3.63, 3.8) is 0 Å². The van der Waals surface area contributed by atoms with Gasteiger partial charge in [-0.25, -0.2) is 8.42 Å². The first-order valence-corrected chi connectivity index (χ1v) is 10.5. The molecule has 1 aliphatic rings. The van der Waals surface area contributed by atoms with Crippen molar-refractivity contribution in [2.24, 2.45) is 5.73 Å². The van der Waals surface area contributed by atoms with Crippen molar-refractivity contribution in [3.8, 4) is 0 Å². The molecule has 0 aliphatic heterocycles. The van der Waals surface area contributed by atoms with Crippen LogP contribution in [0.3, 0.4) is 0 Å². The van der Waals surface area contributed by atoms with E-state index in [9.17, 15) is 18.0 Å². The molecule has 0 radical (unpaired) electrons. The second kappa shape index (κ2) is 7.56. The van der Waals surface area contributed by atoms with Crippen LogP contribution in [0.25, 0.3) is 0 Å². The summed E-state index contributed by atoms with van der Waals surface area (Å²) >= 11 is 1.41. The number of fused-ring (bicyclic) bond motifs is 1. The van der Waals surface area contributed by atoms with Gasteiger partial charge in [-0.3, -0.25) is 15.0 Å². The molecule has 3 rings (SSSR count). The Morgan fingerprint density at radius 1 is 1.04 bits per heavy atom. The van der Waals surface area contributed by atoms with Crippen LogP contribution in [0, 0.1) is 0 Å². The zero-order chi connectivity index (χ0) is 18.7. The van der Waals surface area contributed by atoms with Crippen LogP contribution in [0.15, 0.2) is 35.2 Å². The van der Waals surface area contributed by atoms with Gasteiger partial charge in [-0.05, 0) is 61.6 Å². The fourth-order valence-electron chi connectivity index (χ4n) is 2.81. The van der Waals surface area contributed by atoms with Gasteiger partial charge in [0.25, 0.3) is 15.9 Å². The minimum Gasteiger partial charge on any atom is -0.366 e. The van der Waals surface area contributed by atoms with E-state index in [0.717, 1.165) is 25.7 Å². The molecule has 0 atom stereocenters. The van der Waals surface area contributed by atoms with Gasteiger partial charge >= 0.3 is 0 Å². The lowest BCUT2D eigenvalue weighted by molar-refractivity contribution is 0.0948. The van der Waals surface area contributed by atoms with E-state index in [1.54, 1.807) is 0 Å². The smallest absolute Gasteiger partial charge is 0.276 e. The molecule has 0 saturated heterocycles. The number of benzene rings is 1. The van der Waals surface area contributed by atoms with Crippen LogP contribution in [0.1, 0.15) is 49.7 Å². The maximum atomic E-state index is 12.3. The summed E-state index contributed by atoms with van der Waals surface area (Å²) in [5.74, 6) is -1.13. The van der Waals surface area contributed by atoms with Gasteiger partial charge in [-0.15, -0.1) is 16.2 Å². The van der Waals surface area contributed by atoms with E-state index < -0.39 is 21.8 Å². The molecular weight excluding hydrogens is 374 g/mol. The Morgan fingerprint density at radius 3 is 2.42 bits per heavy atom. The van der Waals surface area contributed by atoms with E-state index in [4.69, 9.17) is 5.73 Å². The standard InChI is InChI=1S/C17H19N3O4S2/c18-16(21)11-6-8-13(9-7-11)26(23,24)20-19-17(22)15-10-12-4-2-1-3-5-14(12)25-15/h6-10,20H,1-5H2,(H2,18,21)(H,19,22). The van der Waals surface area contributed by atoms with Crippen LogP contribution in [0.4, 0.5) is 0 Å². The average molecular weight is 393 g/mol. The number of aryl methyl sites for hydroxylation is 2. The third kappa shape index (κ3) is 4.12. The molecule has 0 unspecified atom stereocenters. The monoisotopic (exact) mass is 393 g/mol. The third-order valence-electron chi connectivity index (χ3n) is 4.22. The van der Waals surface area contributed by atoms with Crippen molar-refractivity contribution >= 4 is 33.2 Å². The molecule has 0 fully saturated rings. The summed E-state index contributed by atoms with van der Waals surface area (Å²) in [4.78, 5) is 27.0. The van der Waals surface area contributed by atoms with Crippen molar-refractivity contribution in [3.05, 3.63) is 51.2 Å². The molecule has 0 spiro atoms. The van der Waals surface area contributed by atoms with E-state index in [1.807, 2.05) is 6.07 Å². The molecule has 0 bridgehead atoms. The topological polar surface area (TPSA) is 118 Å². The summed E-state index contributed by atoms with van der Waals surface area (Å²) in [5.41, 5.74) is 8.75. The summed E-state index contributed by atoms with van der Waals surface area (Å²) < 4.78 is 24.5. The number of nitrogens with one attached hydrogen (secondary N) is 2. The Bertz CT molecular complexity index is 910. The van der Waals surface area contributed by atoms with E-state index in [2.05, 4.69) is 10.3 Å². The first-order valence-electron chi connectivity index (χ1n) is 8.20. The highest BCUT2D eigenvalue weighted by atomic mass is 32.2. The molecule has 2 amide bonds. The average Bonchev–Trinajstić information content (AvgIpc) is 2.90. The number of amides is 2. The van der Waals surface area contributed by atoms with Gasteiger partial charge < -0.3 is 5.73 Å². The number of carbonyl (C=O) groups excluding carboxylic acids is 2. The number of primary amides is 1. The second-order valence-electron chi connectivity index (χ2n) is 6.07. The van der Waals surface area contributed by atoms with Gasteiger partial charge in [0, 0.05) is 10.4 Å². The number of sulfonamides is 1. The molecule has 9 heteroatoms. The lowest BCUT2D eigenvalue weighted by atomic mass is 10.1. The van der Waals surface area contributed by atoms with Gasteiger partial charge in [0.2, 0.25) is 5.91 Å². The molecule has 26 heavy (non-hydrogen) atoms. The Hall–Kier alpha value is -2.23. The molecule has 0 saturated carbocycles. The summed E-state index contributed by atoms with van der Waals surface area (Å²) in [7, 11) is -3.94. The van der Waals surface area contributed by atoms with Gasteiger partial charge in [0.05, 0.1) is 9.77 Å². The van der Waals surface area contributed by atoms with Crippen molar-refractivity contribution < 1.29 is 18.0 Å². The molecule has 1 heterocycles. The van der Waals surface area contributed by atoms with Crippen molar-refractivity contribution in [1.82, 2.24) is 10.3 Å². The van der Waals surface area contributed by atoms with Gasteiger partial charge in [-0.2, -0.15) is 0 Å². The lowest BCUT2D eigenvalue weighted by Crippen LogP contribution is -2.41. The van der Waals surface area contributed by atoms with Crippen LogP contribution >= 0.6 is 11.3 Å². The van der Waals surface area contributed by atoms with E-state index in [0.29, 0.717) is 4.88 Å². The Balaban J connectivity index is 1.67. The number of hydrogen-bond acceptors (Lipinski definition) is 5. The summed E-state index contributed by atoms with van der Waals surface area (Å²) in [5, 5.41) is 0. The Labute approximate surface area is 155 Å². The molecule has 1 aromatic carbocycles. The Morgan fingerprint density at radius 2 is 1.73 bits per heavy atom. The van der Waals surface area contributed by atoms with Gasteiger partial charge in [-0.1, -0.05) is 6.42 Å². The van der Waals surface area contributed by atoms with Crippen LogP contribution < -0.4 is 16.0 Å². The van der Waals surface area contributed by atoms with Crippen molar-refractivity contribution in [2.45, 2.75) is 37.0 Å². The van der Waals surface area contributed by atoms with E-state index in [-0.39, 0.29) is 10.5 Å². The first-order chi connectivity index (χ1) is 12.4. The third-order valence-corrected chi connectivity index (χ3v) is 6.72. The number of hydrazine groups is 1. The van der Waals surface area contributed by atoms with Crippen molar-refractivity contribution in [2.75, 3.05) is 0 Å². The number of hydrogen-bond donors (Lipinski definition) is 3. The lowest BCUT2D eigenvalue weighted by Gasteiger charge is -2.08. The summed E-state index contributed by atoms with van der Waals surface area (Å²) in [6.45, 7) is 0. The minimum atomic E-state index is -3.94. The normalized spacial score (nSPS) is 14.3. The van der Waals surface area contributed by atoms with Crippen LogP contribution in [-0.4, -0.2) is 20.2 Å². The predicted octanol–water partition coefficient (Wildman–Crippen LogP) is 1.74. The van der Waals surface area contributed by atoms with E-state index in [1.165, 1.54) is 52.5 Å². The SMILES string of the molecule is NC(=O)c1ccc(S(=O)(=O)NNC(=O)c2cc3c(s2)CCCCC3)cc1. The summed E-state index contributed by atoms with van der Waals surface area (Å²) in [6.07, 6.45) is 5.33. The maximum Gasteiger partial charge on any atom is 0.276 e. The van der Waals surface area contributed by atoms with E-state index >= 15 is 0 Å². The molecule has 1 aliphatic carbocycles. The van der Waals surface area contributed by atoms with Crippen LogP contribution in [-0.2, 0) is 22.9 Å². The highest BCUT2D eigenvalue weighted by Crippen LogP contribution is 2.28. The molecular formula is C17H19N3O4S2. The molecule has 7 nitrogen and oxygen atoms in total. The summed E-state index contributed by atoms with van der Waals surface area (Å²) in [6, 6.07) is 6.98. The number of thiophene rings is 1. The molecule has 1 aromatic heterocycles. The molecule has 138 valence electrons. The maximum absolute atomic E-state index is 12.3. The predicted molar refractivity (Wildman–Crippen MR) is 98.3 cm³/mol. The Kier molecular flexibility index (Phi) is 5.40. The number of carbonyl (C=O) groups is 2. The fraction of sp³-hybridized carbons (Fsp3) is 0.294. The van der Waals surface area contributed by atoms with Gasteiger partial charge in [0.15, 0.2) is 0 Å². The highest BCUT2D eigenvalue weighted by molar-refractivity contribution is 7.89. The molecule has 4 N–H and O–H groups in total. The largest absolute Gasteiger partial charge is 0.366 e. The zero-order valence-corrected chi connectivity index (χ0v) is 15.6. The first kappa shape index (κ1) is 18.6. The van der Waals surface area contributed by atoms with Crippen molar-refractivity contribution in [1.29, 1.82) is 0 Å². The van der Waals surface area contributed by atoms with Gasteiger partial charge in [0.1, 0.15) is 0 Å². The minimum absolute atomic E-state index is 0.0789. The second-order valence-corrected chi connectivity index (χ2v) is 8.89. The number of nitrogens with two attached hydrogens (primary N) is 1. The quantitative estimate of drug-likeness (QED) is 0.529. The number of rotatable bonds is 5. The van der Waals surface area contributed by atoms with Crippen LogP contribution in [0.2, 0.25) is 0 Å². The fourth-order valence-corrected chi connectivity index (χ4v) is 4.80. The zero-order valence-electron chi connectivity index (χ0n) is 13.9. The van der Waals surface area contributed by atoms with Crippen LogP contribution in [0.5, 0.6) is 0 Å². The molecule has 2 aromatic rings.